The van der Waals surface area contributed by atoms with Gasteiger partial charge in [-0.2, -0.15) is 0 Å². The first-order chi connectivity index (χ1) is 11.5. The minimum Gasteiger partial charge on any atom is -0.375 e. The molecule has 1 saturated heterocycles. The molecule has 5 heteroatoms. The lowest BCUT2D eigenvalue weighted by Gasteiger charge is -2.43. The highest BCUT2D eigenvalue weighted by Gasteiger charge is 2.47. The zero-order chi connectivity index (χ0) is 17.2. The number of hydrogen-bond donors (Lipinski definition) is 1. The van der Waals surface area contributed by atoms with Crippen molar-refractivity contribution in [2.75, 3.05) is 25.5 Å². The molecule has 24 heavy (non-hydrogen) atoms. The molecule has 0 spiro atoms. The SMILES string of the molecule is CN1CCO[C@@](C)([C@@H](Nc2ccccc2)c2cccc(Cl)c2)C1=O. The third-order valence-electron chi connectivity index (χ3n) is 4.42. The normalized spacial score (nSPS) is 22.3. The molecule has 2 atom stereocenters. The van der Waals surface area contributed by atoms with E-state index in [0.29, 0.717) is 18.2 Å². The first-order valence-corrected chi connectivity index (χ1v) is 8.35. The molecular formula is C19H21ClN2O2. The van der Waals surface area contributed by atoms with E-state index in [1.54, 1.807) is 11.9 Å². The van der Waals surface area contributed by atoms with Crippen LogP contribution in [-0.2, 0) is 9.53 Å². The van der Waals surface area contributed by atoms with Crippen LogP contribution in [0.5, 0.6) is 0 Å². The number of anilines is 1. The van der Waals surface area contributed by atoms with Gasteiger partial charge in [0, 0.05) is 24.3 Å². The van der Waals surface area contributed by atoms with E-state index in [2.05, 4.69) is 5.32 Å². The molecule has 0 aliphatic carbocycles. The summed E-state index contributed by atoms with van der Waals surface area (Å²) >= 11 is 6.18. The summed E-state index contributed by atoms with van der Waals surface area (Å²) in [4.78, 5) is 14.6. The van der Waals surface area contributed by atoms with Gasteiger partial charge < -0.3 is 15.0 Å². The van der Waals surface area contributed by atoms with Crippen molar-refractivity contribution in [1.82, 2.24) is 4.90 Å². The van der Waals surface area contributed by atoms with Gasteiger partial charge in [-0.15, -0.1) is 0 Å². The lowest BCUT2D eigenvalue weighted by atomic mass is 9.87. The maximum atomic E-state index is 12.9. The van der Waals surface area contributed by atoms with E-state index in [4.69, 9.17) is 16.3 Å². The van der Waals surface area contributed by atoms with Crippen molar-refractivity contribution in [3.63, 3.8) is 0 Å². The Morgan fingerprint density at radius 3 is 2.67 bits per heavy atom. The van der Waals surface area contributed by atoms with Crippen molar-refractivity contribution >= 4 is 23.2 Å². The number of morpholine rings is 1. The van der Waals surface area contributed by atoms with Crippen LogP contribution in [0.3, 0.4) is 0 Å². The van der Waals surface area contributed by atoms with Gasteiger partial charge in [-0.3, -0.25) is 4.79 Å². The molecule has 1 aliphatic heterocycles. The van der Waals surface area contributed by atoms with Crippen LogP contribution in [0.4, 0.5) is 5.69 Å². The standard InChI is InChI=1S/C19H21ClN2O2/c1-19(18(23)22(2)11-12-24-19)17(14-7-6-8-15(20)13-14)21-16-9-4-3-5-10-16/h3-10,13,17,21H,11-12H2,1-2H3/t17-,19-/m0/s1. The van der Waals surface area contributed by atoms with E-state index < -0.39 is 5.60 Å². The molecule has 0 saturated carbocycles. The van der Waals surface area contributed by atoms with Gasteiger partial charge in [-0.25, -0.2) is 0 Å². The van der Waals surface area contributed by atoms with Crippen molar-refractivity contribution in [2.45, 2.75) is 18.6 Å². The van der Waals surface area contributed by atoms with Crippen LogP contribution < -0.4 is 5.32 Å². The van der Waals surface area contributed by atoms with Crippen LogP contribution >= 0.6 is 11.6 Å². The maximum absolute atomic E-state index is 12.9. The molecule has 126 valence electrons. The van der Waals surface area contributed by atoms with Crippen molar-refractivity contribution in [3.8, 4) is 0 Å². The van der Waals surface area contributed by atoms with Crippen LogP contribution in [0.2, 0.25) is 5.02 Å². The highest BCUT2D eigenvalue weighted by atomic mass is 35.5. The Morgan fingerprint density at radius 1 is 1.21 bits per heavy atom. The number of para-hydroxylation sites is 1. The number of halogens is 1. The zero-order valence-electron chi connectivity index (χ0n) is 13.8. The van der Waals surface area contributed by atoms with E-state index in [1.165, 1.54) is 0 Å². The van der Waals surface area contributed by atoms with Gasteiger partial charge in [-0.1, -0.05) is 41.9 Å². The summed E-state index contributed by atoms with van der Waals surface area (Å²) in [6.45, 7) is 2.95. The third-order valence-corrected chi connectivity index (χ3v) is 4.65. The smallest absolute Gasteiger partial charge is 0.256 e. The molecule has 0 unspecified atom stereocenters. The number of hydrogen-bond acceptors (Lipinski definition) is 3. The number of nitrogens with one attached hydrogen (secondary N) is 1. The van der Waals surface area contributed by atoms with Gasteiger partial charge >= 0.3 is 0 Å². The molecule has 0 bridgehead atoms. The first-order valence-electron chi connectivity index (χ1n) is 7.97. The van der Waals surface area contributed by atoms with Crippen molar-refractivity contribution in [1.29, 1.82) is 0 Å². The molecule has 4 nitrogen and oxygen atoms in total. The summed E-state index contributed by atoms with van der Waals surface area (Å²) in [7, 11) is 1.81. The van der Waals surface area contributed by atoms with E-state index in [1.807, 2.05) is 61.5 Å². The second-order valence-electron chi connectivity index (χ2n) is 6.18. The second-order valence-corrected chi connectivity index (χ2v) is 6.62. The summed E-state index contributed by atoms with van der Waals surface area (Å²) in [5, 5.41) is 4.08. The maximum Gasteiger partial charge on any atom is 0.256 e. The zero-order valence-corrected chi connectivity index (χ0v) is 14.6. The fourth-order valence-corrected chi connectivity index (χ4v) is 3.27. The fourth-order valence-electron chi connectivity index (χ4n) is 3.07. The molecule has 1 amide bonds. The molecule has 0 aromatic heterocycles. The number of likely N-dealkylation sites (N-methyl/N-ethyl adjacent to an activating group) is 1. The number of benzene rings is 2. The molecule has 1 aliphatic rings. The number of carbonyl (C=O) groups is 1. The predicted molar refractivity (Wildman–Crippen MR) is 96.3 cm³/mol. The quantitative estimate of drug-likeness (QED) is 0.918. The molecule has 2 aromatic rings. The Balaban J connectivity index is 2.02. The van der Waals surface area contributed by atoms with Gasteiger partial charge in [0.15, 0.2) is 5.60 Å². The lowest BCUT2D eigenvalue weighted by molar-refractivity contribution is -0.169. The van der Waals surface area contributed by atoms with Crippen molar-refractivity contribution < 1.29 is 9.53 Å². The minimum absolute atomic E-state index is 0.0397. The Kier molecular flexibility index (Phi) is 4.78. The summed E-state index contributed by atoms with van der Waals surface area (Å²) in [6.07, 6.45) is 0. The Bertz CT molecular complexity index is 722. The molecule has 1 heterocycles. The van der Waals surface area contributed by atoms with Gasteiger partial charge in [-0.05, 0) is 36.8 Å². The van der Waals surface area contributed by atoms with E-state index in [0.717, 1.165) is 11.3 Å². The number of nitrogens with zero attached hydrogens (tertiary/aromatic N) is 1. The van der Waals surface area contributed by atoms with Gasteiger partial charge in [0.1, 0.15) is 0 Å². The number of amides is 1. The van der Waals surface area contributed by atoms with Gasteiger partial charge in [0.25, 0.3) is 5.91 Å². The largest absolute Gasteiger partial charge is 0.375 e. The predicted octanol–water partition coefficient (Wildman–Crippen LogP) is 3.74. The molecule has 1 fully saturated rings. The van der Waals surface area contributed by atoms with Crippen LogP contribution in [0.25, 0.3) is 0 Å². The van der Waals surface area contributed by atoms with E-state index in [-0.39, 0.29) is 11.9 Å². The topological polar surface area (TPSA) is 41.6 Å². The van der Waals surface area contributed by atoms with Crippen molar-refractivity contribution in [2.24, 2.45) is 0 Å². The summed E-state index contributed by atoms with van der Waals surface area (Å²) < 4.78 is 5.98. The highest BCUT2D eigenvalue weighted by Crippen LogP contribution is 2.36. The number of rotatable bonds is 4. The van der Waals surface area contributed by atoms with Crippen LogP contribution in [0, 0.1) is 0 Å². The molecular weight excluding hydrogens is 324 g/mol. The average molecular weight is 345 g/mol. The average Bonchev–Trinajstić information content (AvgIpc) is 2.58. The van der Waals surface area contributed by atoms with Gasteiger partial charge in [0.05, 0.1) is 12.6 Å². The van der Waals surface area contributed by atoms with Crippen LogP contribution in [0.1, 0.15) is 18.5 Å². The minimum atomic E-state index is -1.01. The summed E-state index contributed by atoms with van der Waals surface area (Å²) in [5.74, 6) is -0.0397. The first kappa shape index (κ1) is 16.8. The molecule has 0 radical (unpaired) electrons. The Hall–Kier alpha value is -2.04. The van der Waals surface area contributed by atoms with E-state index in [9.17, 15) is 4.79 Å². The third kappa shape index (κ3) is 3.25. The number of ether oxygens (including phenoxy) is 1. The lowest BCUT2D eigenvalue weighted by Crippen LogP contribution is -2.58. The Morgan fingerprint density at radius 2 is 1.96 bits per heavy atom. The van der Waals surface area contributed by atoms with Gasteiger partial charge in [0.2, 0.25) is 0 Å². The fraction of sp³-hybridized carbons (Fsp3) is 0.316. The van der Waals surface area contributed by atoms with E-state index >= 15 is 0 Å². The second kappa shape index (κ2) is 6.83. The monoisotopic (exact) mass is 344 g/mol. The molecule has 3 rings (SSSR count). The van der Waals surface area contributed by atoms with Crippen LogP contribution in [-0.4, -0.2) is 36.6 Å². The summed E-state index contributed by atoms with van der Waals surface area (Å²) in [6, 6.07) is 17.0. The molecule has 1 N–H and O–H groups in total. The Labute approximate surface area is 147 Å². The number of carbonyl (C=O) groups excluding carboxylic acids is 1. The van der Waals surface area contributed by atoms with Crippen LogP contribution in [0.15, 0.2) is 54.6 Å². The summed E-state index contributed by atoms with van der Waals surface area (Å²) in [5.41, 5.74) is 0.832. The molecule has 2 aromatic carbocycles. The van der Waals surface area contributed by atoms with Crippen molar-refractivity contribution in [3.05, 3.63) is 65.2 Å². The highest BCUT2D eigenvalue weighted by molar-refractivity contribution is 6.30.